The molecule has 3 rings (SSSR count). The molecule has 10 heteroatoms. The Balaban J connectivity index is 1.97. The number of nitrogens with one attached hydrogen (secondary N) is 2. The van der Waals surface area contributed by atoms with Crippen LogP contribution in [0, 0.1) is 24.7 Å². The van der Waals surface area contributed by atoms with Crippen LogP contribution in [0.1, 0.15) is 75.9 Å². The molecule has 0 bridgehead atoms. The van der Waals surface area contributed by atoms with Gasteiger partial charge in [0, 0.05) is 17.7 Å². The molecule has 0 aliphatic rings. The summed E-state index contributed by atoms with van der Waals surface area (Å²) in [7, 11) is -4.19. The molecule has 1 heterocycles. The summed E-state index contributed by atoms with van der Waals surface area (Å²) in [6.45, 7) is 18.3. The van der Waals surface area contributed by atoms with Crippen LogP contribution in [-0.4, -0.2) is 48.7 Å². The summed E-state index contributed by atoms with van der Waals surface area (Å²) in [6.07, 6.45) is 1.87. The van der Waals surface area contributed by atoms with Gasteiger partial charge in [-0.15, -0.1) is 0 Å². The normalized spacial score (nSPS) is 13.0. The van der Waals surface area contributed by atoms with E-state index in [4.69, 9.17) is 4.74 Å². The van der Waals surface area contributed by atoms with E-state index in [0.717, 1.165) is 42.1 Å². The fourth-order valence-electron chi connectivity index (χ4n) is 4.63. The Labute approximate surface area is 250 Å². The number of carbonyl (C=O) groups is 1. The summed E-state index contributed by atoms with van der Waals surface area (Å²) in [6, 6.07) is 12.8. The number of sulfonamides is 1. The number of rotatable bonds is 12. The average Bonchev–Trinajstić information content (AvgIpc) is 2.85. The van der Waals surface area contributed by atoms with Crippen molar-refractivity contribution in [3.8, 4) is 17.1 Å². The third kappa shape index (κ3) is 9.80. The standard InChI is InChI=1S/C32H44N4O5S/c1-21-11-9-12-22(2)28(21)26-18-27(41-20-24(19-32(6,7)8)33-16-15-31(3,4)5)35-30(34-26)36-42(39,40)25-14-10-13-23(17-25)29(37)38/h9-14,17-18,24,33H,15-16,19-20H2,1-8H3,(H,37,38)(H,34,35,36)/t24-/m1/s1. The van der Waals surface area contributed by atoms with E-state index < -0.39 is 16.0 Å². The molecule has 0 aliphatic heterocycles. The van der Waals surface area contributed by atoms with Crippen molar-refractivity contribution < 1.29 is 23.1 Å². The van der Waals surface area contributed by atoms with Gasteiger partial charge in [0.2, 0.25) is 11.8 Å². The van der Waals surface area contributed by atoms with E-state index in [-0.39, 0.29) is 39.2 Å². The van der Waals surface area contributed by atoms with Crippen LogP contribution in [0.5, 0.6) is 5.88 Å². The fraction of sp³-hybridized carbons (Fsp3) is 0.469. The minimum atomic E-state index is -4.19. The lowest BCUT2D eigenvalue weighted by molar-refractivity contribution is 0.0696. The van der Waals surface area contributed by atoms with Crippen molar-refractivity contribution >= 4 is 21.9 Å². The van der Waals surface area contributed by atoms with E-state index in [1.165, 1.54) is 18.2 Å². The smallest absolute Gasteiger partial charge is 0.335 e. The van der Waals surface area contributed by atoms with Gasteiger partial charge in [-0.1, -0.05) is 65.8 Å². The van der Waals surface area contributed by atoms with E-state index in [1.807, 2.05) is 32.0 Å². The average molecular weight is 597 g/mol. The number of hydrogen-bond donors (Lipinski definition) is 3. The minimum absolute atomic E-state index is 0.0462. The molecule has 9 nitrogen and oxygen atoms in total. The van der Waals surface area contributed by atoms with Crippen molar-refractivity contribution in [3.05, 3.63) is 65.2 Å². The third-order valence-electron chi connectivity index (χ3n) is 6.66. The number of aromatic carboxylic acids is 1. The second kappa shape index (κ2) is 13.2. The quantitative estimate of drug-likeness (QED) is 0.217. The van der Waals surface area contributed by atoms with Gasteiger partial charge in [-0.2, -0.15) is 4.98 Å². The Morgan fingerprint density at radius 3 is 2.19 bits per heavy atom. The molecule has 0 fully saturated rings. The molecule has 3 N–H and O–H groups in total. The molecular formula is C32H44N4O5S. The zero-order valence-corrected chi connectivity index (χ0v) is 26.7. The maximum absolute atomic E-state index is 13.3. The molecule has 0 saturated heterocycles. The summed E-state index contributed by atoms with van der Waals surface area (Å²) in [5.41, 5.74) is 3.42. The number of anilines is 1. The van der Waals surface area contributed by atoms with Gasteiger partial charge in [0.15, 0.2) is 0 Å². The van der Waals surface area contributed by atoms with Crippen LogP contribution < -0.4 is 14.8 Å². The van der Waals surface area contributed by atoms with Gasteiger partial charge in [-0.3, -0.25) is 0 Å². The molecule has 0 saturated carbocycles. The van der Waals surface area contributed by atoms with Crippen molar-refractivity contribution in [1.29, 1.82) is 0 Å². The Morgan fingerprint density at radius 2 is 1.60 bits per heavy atom. The Morgan fingerprint density at radius 1 is 0.952 bits per heavy atom. The largest absolute Gasteiger partial charge is 0.478 e. The first-order chi connectivity index (χ1) is 19.4. The van der Waals surface area contributed by atoms with Crippen molar-refractivity contribution in [1.82, 2.24) is 15.3 Å². The van der Waals surface area contributed by atoms with Crippen LogP contribution in [0.2, 0.25) is 0 Å². The Bertz CT molecular complexity index is 1490. The lowest BCUT2D eigenvalue weighted by Gasteiger charge is -2.28. The molecule has 2 aromatic carbocycles. The highest BCUT2D eigenvalue weighted by molar-refractivity contribution is 7.92. The van der Waals surface area contributed by atoms with Crippen LogP contribution in [0.15, 0.2) is 53.4 Å². The second-order valence-electron chi connectivity index (χ2n) is 13.2. The molecule has 228 valence electrons. The summed E-state index contributed by atoms with van der Waals surface area (Å²) >= 11 is 0. The van der Waals surface area contributed by atoms with E-state index >= 15 is 0 Å². The van der Waals surface area contributed by atoms with Crippen molar-refractivity contribution in [3.63, 3.8) is 0 Å². The third-order valence-corrected chi connectivity index (χ3v) is 7.98. The summed E-state index contributed by atoms with van der Waals surface area (Å²) < 4.78 is 35.2. The molecular weight excluding hydrogens is 552 g/mol. The Kier molecular flexibility index (Phi) is 10.4. The van der Waals surface area contributed by atoms with Gasteiger partial charge in [0.05, 0.1) is 16.2 Å². The summed E-state index contributed by atoms with van der Waals surface area (Å²) in [5, 5.41) is 13.0. The molecule has 3 aromatic rings. The highest BCUT2D eigenvalue weighted by Crippen LogP contribution is 2.30. The molecule has 1 aromatic heterocycles. The molecule has 0 amide bonds. The first-order valence-electron chi connectivity index (χ1n) is 14.1. The monoisotopic (exact) mass is 596 g/mol. The van der Waals surface area contributed by atoms with Gasteiger partial charge in [0.25, 0.3) is 10.0 Å². The van der Waals surface area contributed by atoms with Crippen LogP contribution in [0.25, 0.3) is 11.3 Å². The number of benzene rings is 2. The molecule has 42 heavy (non-hydrogen) atoms. The fourth-order valence-corrected chi connectivity index (χ4v) is 5.62. The number of ether oxygens (including phenoxy) is 1. The van der Waals surface area contributed by atoms with Crippen molar-refractivity contribution in [2.45, 2.75) is 79.2 Å². The zero-order valence-electron chi connectivity index (χ0n) is 25.9. The Hall–Kier alpha value is -3.50. The van der Waals surface area contributed by atoms with E-state index in [2.05, 4.69) is 61.5 Å². The van der Waals surface area contributed by atoms with Crippen LogP contribution >= 0.6 is 0 Å². The van der Waals surface area contributed by atoms with Gasteiger partial charge in [-0.25, -0.2) is 22.9 Å². The van der Waals surface area contributed by atoms with E-state index in [9.17, 15) is 18.3 Å². The molecule has 1 atom stereocenters. The number of nitrogens with zero attached hydrogens (tertiary/aromatic N) is 2. The van der Waals surface area contributed by atoms with E-state index in [0.29, 0.717) is 12.3 Å². The lowest BCUT2D eigenvalue weighted by atomic mass is 9.87. The lowest BCUT2D eigenvalue weighted by Crippen LogP contribution is -2.39. The molecule has 0 unspecified atom stereocenters. The molecule has 0 radical (unpaired) electrons. The van der Waals surface area contributed by atoms with Gasteiger partial charge in [-0.05, 0) is 73.4 Å². The minimum Gasteiger partial charge on any atom is -0.478 e. The van der Waals surface area contributed by atoms with Crippen molar-refractivity contribution in [2.24, 2.45) is 10.8 Å². The predicted molar refractivity (Wildman–Crippen MR) is 167 cm³/mol. The number of aromatic nitrogens is 2. The first kappa shape index (κ1) is 33.0. The zero-order chi connectivity index (χ0) is 31.3. The van der Waals surface area contributed by atoms with Crippen molar-refractivity contribution in [2.75, 3.05) is 17.9 Å². The maximum atomic E-state index is 13.3. The van der Waals surface area contributed by atoms with Crippen LogP contribution in [-0.2, 0) is 10.0 Å². The second-order valence-corrected chi connectivity index (χ2v) is 14.8. The van der Waals surface area contributed by atoms with Crippen LogP contribution in [0.3, 0.4) is 0 Å². The van der Waals surface area contributed by atoms with Gasteiger partial charge in [0.1, 0.15) is 6.61 Å². The van der Waals surface area contributed by atoms with E-state index in [1.54, 1.807) is 6.07 Å². The topological polar surface area (TPSA) is 131 Å². The molecule has 0 spiro atoms. The van der Waals surface area contributed by atoms with Crippen LogP contribution in [0.4, 0.5) is 5.95 Å². The number of aryl methyl sites for hydroxylation is 2. The number of carboxylic acid groups (broad SMARTS) is 1. The summed E-state index contributed by atoms with van der Waals surface area (Å²) in [5.74, 6) is -1.16. The highest BCUT2D eigenvalue weighted by Gasteiger charge is 2.23. The SMILES string of the molecule is Cc1cccc(C)c1-c1cc(OC[C@@H](CC(C)(C)C)NCCC(C)(C)C)nc(NS(=O)(=O)c2cccc(C(=O)O)c2)n1. The number of carboxylic acids is 1. The summed E-state index contributed by atoms with van der Waals surface area (Å²) in [4.78, 5) is 20.2. The highest BCUT2D eigenvalue weighted by atomic mass is 32.2. The maximum Gasteiger partial charge on any atom is 0.335 e. The first-order valence-corrected chi connectivity index (χ1v) is 15.6. The van der Waals surface area contributed by atoms with Gasteiger partial charge >= 0.3 is 5.97 Å². The predicted octanol–water partition coefficient (Wildman–Crippen LogP) is 6.47. The number of hydrogen-bond acceptors (Lipinski definition) is 7. The van der Waals surface area contributed by atoms with Gasteiger partial charge < -0.3 is 15.2 Å². The molecule has 0 aliphatic carbocycles.